The van der Waals surface area contributed by atoms with Gasteiger partial charge in [0.1, 0.15) is 12.0 Å². The maximum Gasteiger partial charge on any atom is 0.227 e. The first kappa shape index (κ1) is 13.9. The molecule has 1 aliphatic heterocycles. The Labute approximate surface area is 123 Å². The molecule has 0 saturated carbocycles. The van der Waals surface area contributed by atoms with Crippen molar-refractivity contribution in [2.24, 2.45) is 0 Å². The molecule has 3 heterocycles. The molecule has 0 amide bonds. The van der Waals surface area contributed by atoms with Gasteiger partial charge in [0.05, 0.1) is 19.7 Å². The first-order valence-electron chi connectivity index (χ1n) is 7.27. The highest BCUT2D eigenvalue weighted by molar-refractivity contribution is 5.18. The van der Waals surface area contributed by atoms with E-state index in [0.29, 0.717) is 18.3 Å². The van der Waals surface area contributed by atoms with Crippen LogP contribution in [0.3, 0.4) is 0 Å². The lowest BCUT2D eigenvalue weighted by Gasteiger charge is -2.36. The minimum absolute atomic E-state index is 0.132. The molecule has 0 radical (unpaired) electrons. The van der Waals surface area contributed by atoms with Gasteiger partial charge in [-0.15, -0.1) is 0 Å². The van der Waals surface area contributed by atoms with Crippen molar-refractivity contribution < 1.29 is 9.15 Å². The van der Waals surface area contributed by atoms with E-state index in [1.165, 1.54) is 25.1 Å². The minimum atomic E-state index is -0.132. The van der Waals surface area contributed by atoms with E-state index in [9.17, 15) is 4.79 Å². The second kappa shape index (κ2) is 5.77. The number of ether oxygens (including phenoxy) is 1. The molecule has 0 bridgehead atoms. The predicted octanol–water partition coefficient (Wildman–Crippen LogP) is 2.42. The van der Waals surface area contributed by atoms with Crippen LogP contribution >= 0.6 is 0 Å². The molecule has 0 unspecified atom stereocenters. The number of rotatable bonds is 4. The van der Waals surface area contributed by atoms with Crippen molar-refractivity contribution in [3.05, 3.63) is 52.3 Å². The van der Waals surface area contributed by atoms with Crippen molar-refractivity contribution in [3.63, 3.8) is 0 Å². The number of hydrogen-bond donors (Lipinski definition) is 0. The topological polar surface area (TPSA) is 47.6 Å². The fourth-order valence-electron chi connectivity index (χ4n) is 3.04. The van der Waals surface area contributed by atoms with Crippen LogP contribution < -0.4 is 10.2 Å². The molecule has 3 rings (SSSR count). The van der Waals surface area contributed by atoms with Gasteiger partial charge in [0.25, 0.3) is 0 Å². The van der Waals surface area contributed by atoms with Gasteiger partial charge in [0, 0.05) is 31.0 Å². The Morgan fingerprint density at radius 2 is 2.29 bits per heavy atom. The molecule has 5 nitrogen and oxygen atoms in total. The Morgan fingerprint density at radius 1 is 1.43 bits per heavy atom. The van der Waals surface area contributed by atoms with Crippen molar-refractivity contribution in [2.75, 3.05) is 13.7 Å². The molecule has 0 fully saturated rings. The standard InChI is InChI=1S/C16H20N2O3/c1-3-13-14-5-4-6-17(14)7-8-18(13)10-12-9-15(19)16(20-2)11-21-12/h4-6,9,11,13H,3,7-8,10H2,1-2H3/t13-/m0/s1. The predicted molar refractivity (Wildman–Crippen MR) is 79.4 cm³/mol. The van der Waals surface area contributed by atoms with Gasteiger partial charge in [-0.25, -0.2) is 0 Å². The summed E-state index contributed by atoms with van der Waals surface area (Å²) in [7, 11) is 1.47. The lowest BCUT2D eigenvalue weighted by molar-refractivity contribution is 0.132. The molecule has 0 N–H and O–H groups in total. The molecule has 0 spiro atoms. The lowest BCUT2D eigenvalue weighted by Crippen LogP contribution is -2.37. The number of hydrogen-bond acceptors (Lipinski definition) is 4. The summed E-state index contributed by atoms with van der Waals surface area (Å²) in [5.41, 5.74) is 1.20. The van der Waals surface area contributed by atoms with Gasteiger partial charge in [-0.05, 0) is 18.6 Å². The van der Waals surface area contributed by atoms with Crippen LogP contribution in [0.5, 0.6) is 5.75 Å². The van der Waals surface area contributed by atoms with E-state index < -0.39 is 0 Å². The second-order valence-corrected chi connectivity index (χ2v) is 5.30. The van der Waals surface area contributed by atoms with Gasteiger partial charge in [-0.2, -0.15) is 0 Å². The molecular weight excluding hydrogens is 268 g/mol. The first-order valence-corrected chi connectivity index (χ1v) is 7.27. The molecule has 2 aromatic rings. The number of fused-ring (bicyclic) bond motifs is 1. The molecule has 2 aromatic heterocycles. The normalized spacial score (nSPS) is 18.5. The highest BCUT2D eigenvalue weighted by Crippen LogP contribution is 2.29. The Morgan fingerprint density at radius 3 is 3.00 bits per heavy atom. The number of nitrogens with zero attached hydrogens (tertiary/aromatic N) is 2. The van der Waals surface area contributed by atoms with Crippen molar-refractivity contribution in [2.45, 2.75) is 32.5 Å². The van der Waals surface area contributed by atoms with E-state index in [2.05, 4.69) is 34.7 Å². The maximum atomic E-state index is 11.8. The summed E-state index contributed by atoms with van der Waals surface area (Å²) in [6, 6.07) is 6.15. The van der Waals surface area contributed by atoms with Crippen LogP contribution in [0.15, 0.2) is 39.9 Å². The minimum Gasteiger partial charge on any atom is -0.490 e. The smallest absolute Gasteiger partial charge is 0.227 e. The van der Waals surface area contributed by atoms with Gasteiger partial charge >= 0.3 is 0 Å². The van der Waals surface area contributed by atoms with Crippen LogP contribution in [0.25, 0.3) is 0 Å². The van der Waals surface area contributed by atoms with Gasteiger partial charge in [0.15, 0.2) is 0 Å². The van der Waals surface area contributed by atoms with E-state index in [0.717, 1.165) is 19.5 Å². The molecule has 1 aliphatic rings. The fraction of sp³-hybridized carbons (Fsp3) is 0.438. The summed E-state index contributed by atoms with van der Waals surface area (Å²) < 4.78 is 12.8. The third-order valence-electron chi connectivity index (χ3n) is 4.09. The Kier molecular flexibility index (Phi) is 3.84. The summed E-state index contributed by atoms with van der Waals surface area (Å²) >= 11 is 0. The van der Waals surface area contributed by atoms with Gasteiger partial charge in [-0.3, -0.25) is 9.69 Å². The largest absolute Gasteiger partial charge is 0.490 e. The zero-order valence-corrected chi connectivity index (χ0v) is 12.4. The quantitative estimate of drug-likeness (QED) is 0.867. The van der Waals surface area contributed by atoms with E-state index in [4.69, 9.17) is 9.15 Å². The summed E-state index contributed by atoms with van der Waals surface area (Å²) in [5, 5.41) is 0. The van der Waals surface area contributed by atoms with Crippen molar-refractivity contribution in [1.82, 2.24) is 9.47 Å². The van der Waals surface area contributed by atoms with Crippen molar-refractivity contribution in [1.29, 1.82) is 0 Å². The average Bonchev–Trinajstić information content (AvgIpc) is 2.96. The average molecular weight is 288 g/mol. The highest BCUT2D eigenvalue weighted by Gasteiger charge is 2.26. The van der Waals surface area contributed by atoms with Crippen molar-refractivity contribution >= 4 is 0 Å². The monoisotopic (exact) mass is 288 g/mol. The van der Waals surface area contributed by atoms with Crippen LogP contribution in [0, 0.1) is 0 Å². The van der Waals surface area contributed by atoms with Gasteiger partial charge in [-0.1, -0.05) is 6.92 Å². The van der Waals surface area contributed by atoms with Gasteiger partial charge < -0.3 is 13.7 Å². The maximum absolute atomic E-state index is 11.8. The number of methoxy groups -OCH3 is 1. The Hall–Kier alpha value is -2.01. The highest BCUT2D eigenvalue weighted by atomic mass is 16.5. The third kappa shape index (κ3) is 2.61. The molecule has 0 saturated heterocycles. The first-order chi connectivity index (χ1) is 10.2. The molecule has 5 heteroatoms. The molecule has 1 atom stereocenters. The van der Waals surface area contributed by atoms with Crippen LogP contribution in [0.1, 0.15) is 30.8 Å². The van der Waals surface area contributed by atoms with E-state index in [1.54, 1.807) is 0 Å². The van der Waals surface area contributed by atoms with Crippen LogP contribution in [-0.2, 0) is 13.1 Å². The van der Waals surface area contributed by atoms with Crippen LogP contribution in [-0.4, -0.2) is 23.1 Å². The summed E-state index contributed by atoms with van der Waals surface area (Å²) in [6.45, 7) is 4.75. The molecular formula is C16H20N2O3. The lowest BCUT2D eigenvalue weighted by atomic mass is 10.1. The summed E-state index contributed by atoms with van der Waals surface area (Å²) in [4.78, 5) is 14.2. The third-order valence-corrected chi connectivity index (χ3v) is 4.09. The van der Waals surface area contributed by atoms with E-state index in [1.807, 2.05) is 0 Å². The van der Waals surface area contributed by atoms with Crippen LogP contribution in [0.2, 0.25) is 0 Å². The van der Waals surface area contributed by atoms with E-state index >= 15 is 0 Å². The Balaban J connectivity index is 1.82. The zero-order valence-electron chi connectivity index (χ0n) is 12.4. The Bertz CT molecular complexity index is 674. The van der Waals surface area contributed by atoms with E-state index in [-0.39, 0.29) is 11.2 Å². The summed E-state index contributed by atoms with van der Waals surface area (Å²) in [6.07, 6.45) is 4.55. The SMILES string of the molecule is CC[C@H]1c2cccn2CCN1Cc1cc(=O)c(OC)co1. The molecule has 0 aliphatic carbocycles. The van der Waals surface area contributed by atoms with Crippen LogP contribution in [0.4, 0.5) is 0 Å². The molecule has 0 aromatic carbocycles. The number of aromatic nitrogens is 1. The molecule has 112 valence electrons. The van der Waals surface area contributed by atoms with Gasteiger partial charge in [0.2, 0.25) is 11.2 Å². The second-order valence-electron chi connectivity index (χ2n) is 5.30. The van der Waals surface area contributed by atoms with Crippen molar-refractivity contribution in [3.8, 4) is 5.75 Å². The molecule has 21 heavy (non-hydrogen) atoms. The fourth-order valence-corrected chi connectivity index (χ4v) is 3.04. The zero-order chi connectivity index (χ0) is 14.8. The summed E-state index contributed by atoms with van der Waals surface area (Å²) in [5.74, 6) is 0.928.